The number of methoxy groups -OCH3 is 1. The molecular formula is C29H30BN5O4S. The van der Waals surface area contributed by atoms with Gasteiger partial charge in [-0.3, -0.25) is 14.4 Å². The first kappa shape index (κ1) is 27.6. The monoisotopic (exact) mass is 555 g/mol. The molecule has 1 atom stereocenters. The maximum Gasteiger partial charge on any atom is 0.488 e. The highest BCUT2D eigenvalue weighted by Gasteiger charge is 2.30. The fourth-order valence-electron chi connectivity index (χ4n) is 4.80. The fraction of sp³-hybridized carbons (Fsp3) is 0.241. The lowest BCUT2D eigenvalue weighted by atomic mass is 9.77. The lowest BCUT2D eigenvalue weighted by Gasteiger charge is -2.14. The van der Waals surface area contributed by atoms with Crippen LogP contribution in [0.5, 0.6) is 5.75 Å². The Labute approximate surface area is 237 Å². The van der Waals surface area contributed by atoms with E-state index in [1.54, 1.807) is 31.0 Å². The number of amides is 1. The Bertz CT molecular complexity index is 1550. The summed E-state index contributed by atoms with van der Waals surface area (Å²) in [7, 11) is 0.119. The van der Waals surface area contributed by atoms with Crippen LogP contribution in [-0.2, 0) is 10.5 Å². The zero-order valence-corrected chi connectivity index (χ0v) is 23.4. The van der Waals surface area contributed by atoms with Gasteiger partial charge in [0.05, 0.1) is 24.9 Å². The molecule has 9 nitrogen and oxygen atoms in total. The first-order chi connectivity index (χ1) is 19.4. The van der Waals surface area contributed by atoms with Crippen LogP contribution in [-0.4, -0.2) is 57.2 Å². The third kappa shape index (κ3) is 5.67. The standard InChI is InChI=1S/C29H30BN5O4S/c1-4-31-27(36)16-25-29-34-33-18(2)35(29)26-14-11-21(39-3)15-23(26)28(32-25)19-9-12-22(13-10-19)40-17-20-7-5-6-8-24(20)30(37)38/h5-15,25,37-38H,4,16-17H2,1-3H3,(H,31,36). The van der Waals surface area contributed by atoms with Crippen molar-refractivity contribution in [1.82, 2.24) is 20.1 Å². The van der Waals surface area contributed by atoms with E-state index in [0.29, 0.717) is 35.2 Å². The second kappa shape index (κ2) is 12.1. The second-order valence-electron chi connectivity index (χ2n) is 9.36. The smallest absolute Gasteiger partial charge is 0.488 e. The Balaban J connectivity index is 1.52. The Kier molecular flexibility index (Phi) is 8.34. The first-order valence-electron chi connectivity index (χ1n) is 13.0. The van der Waals surface area contributed by atoms with Crippen LogP contribution in [0, 0.1) is 6.92 Å². The van der Waals surface area contributed by atoms with Crippen LogP contribution in [0.1, 0.15) is 47.7 Å². The van der Waals surface area contributed by atoms with Gasteiger partial charge in [0.15, 0.2) is 5.82 Å². The van der Waals surface area contributed by atoms with E-state index in [1.165, 1.54) is 0 Å². The minimum absolute atomic E-state index is 0.105. The summed E-state index contributed by atoms with van der Waals surface area (Å²) < 4.78 is 7.51. The van der Waals surface area contributed by atoms with E-state index in [4.69, 9.17) is 9.73 Å². The minimum Gasteiger partial charge on any atom is -0.497 e. The molecule has 4 aromatic rings. The molecule has 1 aliphatic heterocycles. The summed E-state index contributed by atoms with van der Waals surface area (Å²) >= 11 is 1.61. The Morgan fingerprint density at radius 2 is 1.88 bits per heavy atom. The molecule has 3 N–H and O–H groups in total. The molecule has 0 saturated heterocycles. The Hall–Kier alpha value is -3.93. The normalized spacial score (nSPS) is 14.0. The number of carbonyl (C=O) groups is 1. The highest BCUT2D eigenvalue weighted by molar-refractivity contribution is 7.98. The third-order valence-corrected chi connectivity index (χ3v) is 7.80. The molecule has 0 saturated carbocycles. The van der Waals surface area contributed by atoms with E-state index in [9.17, 15) is 14.8 Å². The molecule has 0 bridgehead atoms. The summed E-state index contributed by atoms with van der Waals surface area (Å²) in [5.74, 6) is 2.50. The van der Waals surface area contributed by atoms with Crippen LogP contribution < -0.4 is 15.5 Å². The van der Waals surface area contributed by atoms with E-state index in [-0.39, 0.29) is 12.3 Å². The largest absolute Gasteiger partial charge is 0.497 e. The molecule has 1 aromatic heterocycles. The number of hydrogen-bond acceptors (Lipinski definition) is 8. The number of aliphatic imine (C=N–C) groups is 1. The molecular weight excluding hydrogens is 525 g/mol. The van der Waals surface area contributed by atoms with Crippen molar-refractivity contribution in [1.29, 1.82) is 0 Å². The third-order valence-electron chi connectivity index (χ3n) is 6.74. The van der Waals surface area contributed by atoms with Gasteiger partial charge in [0.1, 0.15) is 17.6 Å². The number of aryl methyl sites for hydroxylation is 1. The van der Waals surface area contributed by atoms with Gasteiger partial charge in [-0.2, -0.15) is 0 Å². The predicted octanol–water partition coefficient (Wildman–Crippen LogP) is 2.97. The molecule has 1 aliphatic rings. The maximum absolute atomic E-state index is 12.7. The van der Waals surface area contributed by atoms with Gasteiger partial charge >= 0.3 is 7.12 Å². The number of ether oxygens (including phenoxy) is 1. The summed E-state index contributed by atoms with van der Waals surface area (Å²) in [5.41, 5.74) is 4.72. The zero-order valence-electron chi connectivity index (χ0n) is 22.5. The number of nitrogens with one attached hydrogen (secondary N) is 1. The SMILES string of the molecule is CCNC(=O)CC1N=C(c2ccc(SCc3ccccc3B(O)O)cc2)c2cc(OC)ccc2-n2c(C)nnc21. The maximum atomic E-state index is 12.7. The van der Waals surface area contributed by atoms with E-state index >= 15 is 0 Å². The van der Waals surface area contributed by atoms with Gasteiger partial charge < -0.3 is 20.1 Å². The van der Waals surface area contributed by atoms with E-state index in [2.05, 4.69) is 15.5 Å². The number of carbonyl (C=O) groups excluding carboxylic acids is 1. The van der Waals surface area contributed by atoms with Gasteiger partial charge in [-0.15, -0.1) is 22.0 Å². The molecule has 2 heterocycles. The van der Waals surface area contributed by atoms with Gasteiger partial charge in [0, 0.05) is 28.3 Å². The van der Waals surface area contributed by atoms with Gasteiger partial charge in [-0.1, -0.05) is 36.4 Å². The highest BCUT2D eigenvalue weighted by Crippen LogP contribution is 2.34. The Morgan fingerprint density at radius 1 is 1.10 bits per heavy atom. The average Bonchev–Trinajstić information content (AvgIpc) is 3.29. The second-order valence-corrected chi connectivity index (χ2v) is 10.4. The lowest BCUT2D eigenvalue weighted by molar-refractivity contribution is -0.121. The molecule has 1 unspecified atom stereocenters. The van der Waals surface area contributed by atoms with Crippen molar-refractivity contribution in [2.45, 2.75) is 37.0 Å². The molecule has 0 spiro atoms. The fourth-order valence-corrected chi connectivity index (χ4v) is 5.72. The number of benzene rings is 3. The summed E-state index contributed by atoms with van der Waals surface area (Å²) in [6, 6.07) is 20.7. The van der Waals surface area contributed by atoms with Crippen LogP contribution in [0.25, 0.3) is 5.69 Å². The highest BCUT2D eigenvalue weighted by atomic mass is 32.2. The molecule has 11 heteroatoms. The van der Waals surface area contributed by atoms with Crippen LogP contribution in [0.3, 0.4) is 0 Å². The van der Waals surface area contributed by atoms with Crippen molar-refractivity contribution in [3.63, 3.8) is 0 Å². The van der Waals surface area contributed by atoms with Gasteiger partial charge in [0.2, 0.25) is 5.91 Å². The van der Waals surface area contributed by atoms with Crippen molar-refractivity contribution < 1.29 is 19.6 Å². The van der Waals surface area contributed by atoms with E-state index in [0.717, 1.165) is 33.0 Å². The Morgan fingerprint density at radius 3 is 2.60 bits per heavy atom. The summed E-state index contributed by atoms with van der Waals surface area (Å²) in [5, 5.41) is 31.0. The van der Waals surface area contributed by atoms with Crippen molar-refractivity contribution >= 4 is 36.0 Å². The number of fused-ring (bicyclic) bond motifs is 3. The minimum atomic E-state index is -1.51. The van der Waals surface area contributed by atoms with Crippen LogP contribution in [0.15, 0.2) is 76.6 Å². The number of nitrogens with zero attached hydrogens (tertiary/aromatic N) is 4. The summed E-state index contributed by atoms with van der Waals surface area (Å²) in [6.45, 7) is 4.31. The number of hydrogen-bond donors (Lipinski definition) is 3. The van der Waals surface area contributed by atoms with E-state index in [1.807, 2.05) is 73.0 Å². The number of aromatic nitrogens is 3. The average molecular weight is 555 g/mol. The predicted molar refractivity (Wildman–Crippen MR) is 157 cm³/mol. The van der Waals surface area contributed by atoms with E-state index < -0.39 is 13.2 Å². The molecule has 0 aliphatic carbocycles. The molecule has 0 radical (unpaired) electrons. The summed E-state index contributed by atoms with van der Waals surface area (Å²) in [4.78, 5) is 18.8. The van der Waals surface area contributed by atoms with Crippen molar-refractivity contribution in [3.05, 3.63) is 95.1 Å². The van der Waals surface area contributed by atoms with Crippen molar-refractivity contribution in [2.75, 3.05) is 13.7 Å². The van der Waals surface area contributed by atoms with Gasteiger partial charge in [-0.25, -0.2) is 0 Å². The lowest BCUT2D eigenvalue weighted by Crippen LogP contribution is -2.32. The van der Waals surface area contributed by atoms with Crippen LogP contribution in [0.4, 0.5) is 0 Å². The number of rotatable bonds is 9. The quantitative estimate of drug-likeness (QED) is 0.215. The molecule has 3 aromatic carbocycles. The molecule has 5 rings (SSSR count). The van der Waals surface area contributed by atoms with Crippen molar-refractivity contribution in [2.24, 2.45) is 4.99 Å². The molecule has 204 valence electrons. The summed E-state index contributed by atoms with van der Waals surface area (Å²) in [6.07, 6.45) is 0.144. The topological polar surface area (TPSA) is 122 Å². The molecule has 1 amide bonds. The molecule has 40 heavy (non-hydrogen) atoms. The van der Waals surface area contributed by atoms with Gasteiger partial charge in [0.25, 0.3) is 0 Å². The molecule has 0 fully saturated rings. The zero-order chi connectivity index (χ0) is 28.2. The van der Waals surface area contributed by atoms with Crippen LogP contribution in [0.2, 0.25) is 0 Å². The van der Waals surface area contributed by atoms with Crippen molar-refractivity contribution in [3.8, 4) is 11.4 Å². The van der Waals surface area contributed by atoms with Gasteiger partial charge in [-0.05, 0) is 55.2 Å². The van der Waals surface area contributed by atoms with Crippen LogP contribution >= 0.6 is 11.8 Å². The first-order valence-corrected chi connectivity index (χ1v) is 14.0. The number of thioether (sulfide) groups is 1.